The highest BCUT2D eigenvalue weighted by molar-refractivity contribution is 5.62. The van der Waals surface area contributed by atoms with E-state index in [0.29, 0.717) is 0 Å². The molecule has 0 saturated carbocycles. The second-order valence-electron chi connectivity index (χ2n) is 7.90. The van der Waals surface area contributed by atoms with Crippen molar-refractivity contribution in [3.63, 3.8) is 0 Å². The molecule has 0 aliphatic carbocycles. The maximum Gasteiger partial charge on any atom is -0.0227 e. The first-order chi connectivity index (χ1) is 12.6. The lowest BCUT2D eigenvalue weighted by Crippen LogP contribution is -2.08. The largest absolute Gasteiger partial charge is 0.0985 e. The van der Waals surface area contributed by atoms with E-state index >= 15 is 0 Å². The summed E-state index contributed by atoms with van der Waals surface area (Å²) in [6.07, 6.45) is 16.9. The van der Waals surface area contributed by atoms with Crippen LogP contribution in [0.2, 0.25) is 0 Å². The molecule has 0 aliphatic rings. The van der Waals surface area contributed by atoms with E-state index in [2.05, 4.69) is 65.1 Å². The van der Waals surface area contributed by atoms with Crippen molar-refractivity contribution >= 4 is 12.2 Å². The van der Waals surface area contributed by atoms with E-state index in [1.165, 1.54) is 86.5 Å². The fourth-order valence-corrected chi connectivity index (χ4v) is 3.97. The molecule has 146 valence electrons. The number of rotatable bonds is 14. The molecule has 0 aliphatic heterocycles. The highest BCUT2D eigenvalue weighted by atomic mass is 14.2. The van der Waals surface area contributed by atoms with Crippen molar-refractivity contribution in [1.29, 1.82) is 0 Å². The van der Waals surface area contributed by atoms with Gasteiger partial charge in [0.15, 0.2) is 0 Å². The monoisotopic (exact) mass is 354 g/mol. The maximum atomic E-state index is 4.11. The summed E-state index contributed by atoms with van der Waals surface area (Å²) in [5, 5.41) is 0. The molecule has 1 aromatic carbocycles. The van der Waals surface area contributed by atoms with Crippen LogP contribution in [0.1, 0.15) is 101 Å². The SMILES string of the molecule is C=Cc1cc(CC(CC)CCCC)c(C=C)cc1CC(CC)CCCC. The van der Waals surface area contributed by atoms with E-state index in [9.17, 15) is 0 Å². The molecule has 0 radical (unpaired) electrons. The molecule has 26 heavy (non-hydrogen) atoms. The van der Waals surface area contributed by atoms with Crippen molar-refractivity contribution < 1.29 is 0 Å². The molecular weight excluding hydrogens is 312 g/mol. The van der Waals surface area contributed by atoms with Gasteiger partial charge in [0.25, 0.3) is 0 Å². The van der Waals surface area contributed by atoms with Gasteiger partial charge in [0.1, 0.15) is 0 Å². The van der Waals surface area contributed by atoms with Crippen molar-refractivity contribution in [2.24, 2.45) is 11.8 Å². The molecule has 0 fully saturated rings. The van der Waals surface area contributed by atoms with Crippen LogP contribution in [0.3, 0.4) is 0 Å². The third-order valence-electron chi connectivity index (χ3n) is 5.94. The van der Waals surface area contributed by atoms with E-state index in [1.54, 1.807) is 0 Å². The topological polar surface area (TPSA) is 0 Å². The summed E-state index contributed by atoms with van der Waals surface area (Å²) in [6, 6.07) is 4.81. The van der Waals surface area contributed by atoms with Crippen LogP contribution < -0.4 is 0 Å². The van der Waals surface area contributed by atoms with Crippen molar-refractivity contribution in [1.82, 2.24) is 0 Å². The maximum absolute atomic E-state index is 4.11. The van der Waals surface area contributed by atoms with Gasteiger partial charge in [0, 0.05) is 0 Å². The molecule has 0 heterocycles. The summed E-state index contributed by atoms with van der Waals surface area (Å²) in [5.41, 5.74) is 5.60. The lowest BCUT2D eigenvalue weighted by molar-refractivity contribution is 0.446. The highest BCUT2D eigenvalue weighted by Gasteiger charge is 2.14. The third-order valence-corrected chi connectivity index (χ3v) is 5.94. The summed E-state index contributed by atoms with van der Waals surface area (Å²) in [5.74, 6) is 1.57. The summed E-state index contributed by atoms with van der Waals surface area (Å²) < 4.78 is 0. The quantitative estimate of drug-likeness (QED) is 0.314. The van der Waals surface area contributed by atoms with Gasteiger partial charge >= 0.3 is 0 Å². The predicted molar refractivity (Wildman–Crippen MR) is 121 cm³/mol. The number of benzene rings is 1. The number of hydrogen-bond acceptors (Lipinski definition) is 0. The lowest BCUT2D eigenvalue weighted by Gasteiger charge is -2.20. The molecule has 0 bridgehead atoms. The van der Waals surface area contributed by atoms with Crippen LogP contribution in [0, 0.1) is 11.8 Å². The zero-order valence-corrected chi connectivity index (χ0v) is 17.9. The Hall–Kier alpha value is -1.30. The Morgan fingerprint density at radius 2 is 1.12 bits per heavy atom. The first-order valence-electron chi connectivity index (χ1n) is 11.0. The van der Waals surface area contributed by atoms with Gasteiger partial charge in [-0.05, 0) is 46.9 Å². The van der Waals surface area contributed by atoms with Gasteiger partial charge in [-0.1, -0.05) is 117 Å². The minimum Gasteiger partial charge on any atom is -0.0985 e. The normalized spacial score (nSPS) is 13.4. The van der Waals surface area contributed by atoms with Crippen LogP contribution in [0.5, 0.6) is 0 Å². The van der Waals surface area contributed by atoms with E-state index in [1.807, 2.05) is 0 Å². The minimum atomic E-state index is 0.783. The van der Waals surface area contributed by atoms with Crippen LogP contribution in [0.25, 0.3) is 12.2 Å². The summed E-state index contributed by atoms with van der Waals surface area (Å²) in [7, 11) is 0. The average molecular weight is 355 g/mol. The van der Waals surface area contributed by atoms with Gasteiger partial charge in [-0.3, -0.25) is 0 Å². The standard InChI is InChI=1S/C26H42/c1-7-13-15-21(9-3)17-25-19-24(12-6)26(20-23(25)11-5)18-22(10-4)16-14-8-2/h11-12,19-22H,5-10,13-18H2,1-4H3. The smallest absolute Gasteiger partial charge is 0.0227 e. The Morgan fingerprint density at radius 1 is 0.731 bits per heavy atom. The molecule has 0 spiro atoms. The second-order valence-corrected chi connectivity index (χ2v) is 7.90. The van der Waals surface area contributed by atoms with Gasteiger partial charge in [0.05, 0.1) is 0 Å². The molecule has 0 heteroatoms. The van der Waals surface area contributed by atoms with Crippen molar-refractivity contribution in [3.05, 3.63) is 47.5 Å². The first kappa shape index (κ1) is 22.7. The minimum absolute atomic E-state index is 0.783. The summed E-state index contributed by atoms with van der Waals surface area (Å²) in [6.45, 7) is 17.4. The van der Waals surface area contributed by atoms with Gasteiger partial charge in [-0.15, -0.1) is 0 Å². The fourth-order valence-electron chi connectivity index (χ4n) is 3.97. The Bertz CT molecular complexity index is 487. The van der Waals surface area contributed by atoms with Crippen molar-refractivity contribution in [2.75, 3.05) is 0 Å². The molecule has 0 nitrogen and oxygen atoms in total. The van der Waals surface area contributed by atoms with Gasteiger partial charge in [-0.25, -0.2) is 0 Å². The van der Waals surface area contributed by atoms with Gasteiger partial charge in [-0.2, -0.15) is 0 Å². The number of hydrogen-bond donors (Lipinski definition) is 0. The Labute approximate surface area is 163 Å². The van der Waals surface area contributed by atoms with E-state index in [4.69, 9.17) is 0 Å². The summed E-state index contributed by atoms with van der Waals surface area (Å²) in [4.78, 5) is 0. The summed E-state index contributed by atoms with van der Waals surface area (Å²) >= 11 is 0. The molecule has 0 saturated heterocycles. The van der Waals surface area contributed by atoms with Crippen LogP contribution in [0.15, 0.2) is 25.3 Å². The van der Waals surface area contributed by atoms with Gasteiger partial charge < -0.3 is 0 Å². The second kappa shape index (κ2) is 13.0. The van der Waals surface area contributed by atoms with Crippen LogP contribution in [-0.4, -0.2) is 0 Å². The molecule has 1 aromatic rings. The van der Waals surface area contributed by atoms with Gasteiger partial charge in [0.2, 0.25) is 0 Å². The molecule has 2 atom stereocenters. The first-order valence-corrected chi connectivity index (χ1v) is 11.0. The Morgan fingerprint density at radius 3 is 1.38 bits per heavy atom. The van der Waals surface area contributed by atoms with Crippen molar-refractivity contribution in [3.8, 4) is 0 Å². The molecule has 0 aromatic heterocycles. The highest BCUT2D eigenvalue weighted by Crippen LogP contribution is 2.28. The zero-order chi connectivity index (χ0) is 19.4. The Kier molecular flexibility index (Phi) is 11.3. The van der Waals surface area contributed by atoms with E-state index < -0.39 is 0 Å². The van der Waals surface area contributed by atoms with Crippen LogP contribution in [-0.2, 0) is 12.8 Å². The van der Waals surface area contributed by atoms with E-state index in [0.717, 1.165) is 11.8 Å². The molecule has 2 unspecified atom stereocenters. The predicted octanol–water partition coefficient (Wildman–Crippen LogP) is 8.49. The molecular formula is C26H42. The third kappa shape index (κ3) is 7.14. The lowest BCUT2D eigenvalue weighted by atomic mass is 9.85. The molecule has 0 amide bonds. The van der Waals surface area contributed by atoms with Crippen LogP contribution in [0.4, 0.5) is 0 Å². The molecule has 1 rings (SSSR count). The van der Waals surface area contributed by atoms with E-state index in [-0.39, 0.29) is 0 Å². The number of unbranched alkanes of at least 4 members (excludes halogenated alkanes) is 2. The Balaban J connectivity index is 3.05. The average Bonchev–Trinajstić information content (AvgIpc) is 2.68. The molecule has 0 N–H and O–H groups in total. The zero-order valence-electron chi connectivity index (χ0n) is 17.9. The fraction of sp³-hybridized carbons (Fsp3) is 0.615. The van der Waals surface area contributed by atoms with Crippen LogP contribution >= 0.6 is 0 Å². The van der Waals surface area contributed by atoms with Crippen molar-refractivity contribution in [2.45, 2.75) is 91.9 Å².